The van der Waals surface area contributed by atoms with Crippen molar-refractivity contribution in [1.29, 1.82) is 0 Å². The van der Waals surface area contributed by atoms with E-state index in [2.05, 4.69) is 22.4 Å². The Morgan fingerprint density at radius 2 is 2.46 bits per heavy atom. The molecule has 72 valence electrons. The molecule has 2 rings (SSSR count). The van der Waals surface area contributed by atoms with Crippen LogP contribution in [0, 0.1) is 5.92 Å². The number of hydrogen-bond donors (Lipinski definition) is 2. The summed E-state index contributed by atoms with van der Waals surface area (Å²) in [6.45, 7) is 3.43. The van der Waals surface area contributed by atoms with Gasteiger partial charge in [0.1, 0.15) is 0 Å². The molecular weight excluding hydrogens is 162 g/mol. The highest BCUT2D eigenvalue weighted by Crippen LogP contribution is 2.26. The van der Waals surface area contributed by atoms with E-state index in [-0.39, 0.29) is 0 Å². The fourth-order valence-electron chi connectivity index (χ4n) is 2.00. The number of aromatic amines is 1. The monoisotopic (exact) mass is 179 g/mol. The third kappa shape index (κ3) is 1.91. The van der Waals surface area contributed by atoms with E-state index in [1.54, 1.807) is 0 Å². The molecule has 1 aromatic rings. The fourth-order valence-corrected chi connectivity index (χ4v) is 2.00. The summed E-state index contributed by atoms with van der Waals surface area (Å²) in [7, 11) is 0. The van der Waals surface area contributed by atoms with Crippen LogP contribution in [-0.4, -0.2) is 16.7 Å². The molecule has 3 nitrogen and oxygen atoms in total. The average Bonchev–Trinajstić information content (AvgIpc) is 2.71. The van der Waals surface area contributed by atoms with Gasteiger partial charge in [0, 0.05) is 17.8 Å². The lowest BCUT2D eigenvalue weighted by Gasteiger charge is -2.28. The predicted molar refractivity (Wildman–Crippen MR) is 52.3 cm³/mol. The molecule has 2 N–H and O–H groups in total. The van der Waals surface area contributed by atoms with Gasteiger partial charge in [-0.05, 0) is 25.3 Å². The van der Waals surface area contributed by atoms with Gasteiger partial charge in [-0.15, -0.1) is 0 Å². The highest BCUT2D eigenvalue weighted by atomic mass is 15.1. The summed E-state index contributed by atoms with van der Waals surface area (Å²) >= 11 is 0. The number of piperidine rings is 1. The molecule has 0 bridgehead atoms. The first-order valence-corrected chi connectivity index (χ1v) is 5.12. The standard InChI is InChI=1S/C10H17N3/c1-2-8-3-4-10(11-5-8)9-6-12-13-7-9/h6-8,10-11H,2-5H2,1H3,(H,12,13)/t8?,10-/m0/s1. The normalized spacial score (nSPS) is 29.0. The zero-order valence-electron chi connectivity index (χ0n) is 8.09. The Kier molecular flexibility index (Phi) is 2.64. The van der Waals surface area contributed by atoms with Crippen molar-refractivity contribution in [3.8, 4) is 0 Å². The summed E-state index contributed by atoms with van der Waals surface area (Å²) in [5.74, 6) is 0.878. The van der Waals surface area contributed by atoms with Gasteiger partial charge >= 0.3 is 0 Å². The summed E-state index contributed by atoms with van der Waals surface area (Å²) in [5.41, 5.74) is 1.30. The minimum atomic E-state index is 0.529. The molecular formula is C10H17N3. The Morgan fingerprint density at radius 3 is 3.00 bits per heavy atom. The molecule has 2 atom stereocenters. The van der Waals surface area contributed by atoms with Gasteiger partial charge in [0.05, 0.1) is 6.20 Å². The van der Waals surface area contributed by atoms with Gasteiger partial charge in [-0.2, -0.15) is 5.10 Å². The molecule has 3 heteroatoms. The molecule has 1 fully saturated rings. The maximum Gasteiger partial charge on any atom is 0.0535 e. The smallest absolute Gasteiger partial charge is 0.0535 e. The van der Waals surface area contributed by atoms with Crippen LogP contribution in [0.15, 0.2) is 12.4 Å². The zero-order valence-corrected chi connectivity index (χ0v) is 8.09. The summed E-state index contributed by atoms with van der Waals surface area (Å²) in [4.78, 5) is 0. The van der Waals surface area contributed by atoms with Crippen molar-refractivity contribution in [2.24, 2.45) is 5.92 Å². The number of nitrogens with one attached hydrogen (secondary N) is 2. The summed E-state index contributed by atoms with van der Waals surface area (Å²) in [6, 6.07) is 0.529. The van der Waals surface area contributed by atoms with E-state index < -0.39 is 0 Å². The highest BCUT2D eigenvalue weighted by molar-refractivity contribution is 5.10. The van der Waals surface area contributed by atoms with Gasteiger partial charge in [-0.3, -0.25) is 5.10 Å². The van der Waals surface area contributed by atoms with E-state index >= 15 is 0 Å². The first-order valence-electron chi connectivity index (χ1n) is 5.12. The van der Waals surface area contributed by atoms with Gasteiger partial charge in [-0.25, -0.2) is 0 Å². The van der Waals surface area contributed by atoms with Crippen LogP contribution < -0.4 is 5.32 Å². The number of aromatic nitrogens is 2. The molecule has 0 aromatic carbocycles. The molecule has 0 saturated carbocycles. The first-order chi connectivity index (χ1) is 6.40. The van der Waals surface area contributed by atoms with Crippen LogP contribution in [-0.2, 0) is 0 Å². The maximum atomic E-state index is 3.97. The van der Waals surface area contributed by atoms with Crippen LogP contribution in [0.2, 0.25) is 0 Å². The Balaban J connectivity index is 1.92. The topological polar surface area (TPSA) is 40.7 Å². The van der Waals surface area contributed by atoms with E-state index in [9.17, 15) is 0 Å². The van der Waals surface area contributed by atoms with E-state index in [1.807, 2.05) is 12.4 Å². The molecule has 0 spiro atoms. The lowest BCUT2D eigenvalue weighted by atomic mass is 9.91. The van der Waals surface area contributed by atoms with Crippen molar-refractivity contribution in [2.75, 3.05) is 6.54 Å². The quantitative estimate of drug-likeness (QED) is 0.727. The lowest BCUT2D eigenvalue weighted by molar-refractivity contribution is 0.308. The summed E-state index contributed by atoms with van der Waals surface area (Å²) in [6.07, 6.45) is 7.80. The third-order valence-corrected chi connectivity index (χ3v) is 3.02. The minimum absolute atomic E-state index is 0.529. The van der Waals surface area contributed by atoms with Gasteiger partial charge in [-0.1, -0.05) is 13.3 Å². The first kappa shape index (κ1) is 8.75. The van der Waals surface area contributed by atoms with Crippen LogP contribution in [0.3, 0.4) is 0 Å². The number of nitrogens with zero attached hydrogens (tertiary/aromatic N) is 1. The second kappa shape index (κ2) is 3.92. The Labute approximate surface area is 78.9 Å². The minimum Gasteiger partial charge on any atom is -0.310 e. The van der Waals surface area contributed by atoms with Crippen LogP contribution in [0.25, 0.3) is 0 Å². The Morgan fingerprint density at radius 1 is 1.54 bits per heavy atom. The third-order valence-electron chi connectivity index (χ3n) is 3.02. The zero-order chi connectivity index (χ0) is 9.10. The fraction of sp³-hybridized carbons (Fsp3) is 0.700. The van der Waals surface area contributed by atoms with Crippen molar-refractivity contribution in [2.45, 2.75) is 32.2 Å². The van der Waals surface area contributed by atoms with Crippen molar-refractivity contribution in [3.63, 3.8) is 0 Å². The van der Waals surface area contributed by atoms with Crippen LogP contribution in [0.1, 0.15) is 37.8 Å². The van der Waals surface area contributed by atoms with Gasteiger partial charge < -0.3 is 5.32 Å². The molecule has 1 aliphatic rings. The number of rotatable bonds is 2. The van der Waals surface area contributed by atoms with Crippen molar-refractivity contribution in [3.05, 3.63) is 18.0 Å². The molecule has 0 aliphatic carbocycles. The molecule has 13 heavy (non-hydrogen) atoms. The lowest BCUT2D eigenvalue weighted by Crippen LogP contribution is -2.32. The van der Waals surface area contributed by atoms with Crippen LogP contribution in [0.5, 0.6) is 0 Å². The average molecular weight is 179 g/mol. The maximum absolute atomic E-state index is 3.97. The molecule has 1 saturated heterocycles. The molecule has 2 heterocycles. The van der Waals surface area contributed by atoms with Crippen LogP contribution >= 0.6 is 0 Å². The second-order valence-electron chi connectivity index (χ2n) is 3.84. The summed E-state index contributed by atoms with van der Waals surface area (Å²) in [5, 5.41) is 10.4. The summed E-state index contributed by atoms with van der Waals surface area (Å²) < 4.78 is 0. The highest BCUT2D eigenvalue weighted by Gasteiger charge is 2.20. The molecule has 1 unspecified atom stereocenters. The van der Waals surface area contributed by atoms with E-state index in [0.717, 1.165) is 12.5 Å². The predicted octanol–water partition coefficient (Wildman–Crippen LogP) is 1.86. The van der Waals surface area contributed by atoms with Gasteiger partial charge in [0.15, 0.2) is 0 Å². The van der Waals surface area contributed by atoms with Crippen molar-refractivity contribution in [1.82, 2.24) is 15.5 Å². The van der Waals surface area contributed by atoms with E-state index in [1.165, 1.54) is 24.8 Å². The van der Waals surface area contributed by atoms with Crippen LogP contribution in [0.4, 0.5) is 0 Å². The Bertz CT molecular complexity index is 235. The number of hydrogen-bond acceptors (Lipinski definition) is 2. The molecule has 0 amide bonds. The van der Waals surface area contributed by atoms with E-state index in [0.29, 0.717) is 6.04 Å². The number of H-pyrrole nitrogens is 1. The molecule has 0 radical (unpaired) electrons. The van der Waals surface area contributed by atoms with E-state index in [4.69, 9.17) is 0 Å². The molecule has 1 aliphatic heterocycles. The Hall–Kier alpha value is -0.830. The van der Waals surface area contributed by atoms with Crippen molar-refractivity contribution < 1.29 is 0 Å². The molecule has 1 aromatic heterocycles. The van der Waals surface area contributed by atoms with Crippen molar-refractivity contribution >= 4 is 0 Å². The second-order valence-corrected chi connectivity index (χ2v) is 3.84. The largest absolute Gasteiger partial charge is 0.310 e. The van der Waals surface area contributed by atoms with Gasteiger partial charge in [0.2, 0.25) is 0 Å². The van der Waals surface area contributed by atoms with Gasteiger partial charge in [0.25, 0.3) is 0 Å². The SMILES string of the molecule is CCC1CC[C@@H](c2cn[nH]c2)NC1.